The number of methoxy groups -OCH3 is 1. The van der Waals surface area contributed by atoms with Gasteiger partial charge in [-0.2, -0.15) is 0 Å². The topological polar surface area (TPSA) is 110 Å². The van der Waals surface area contributed by atoms with Crippen molar-refractivity contribution < 1.29 is 28.6 Å². The van der Waals surface area contributed by atoms with E-state index in [4.69, 9.17) is 19.2 Å². The minimum atomic E-state index is -0.610. The van der Waals surface area contributed by atoms with Crippen LogP contribution in [0, 0.1) is 12.3 Å². The second-order valence-corrected chi connectivity index (χ2v) is 16.7. The predicted molar refractivity (Wildman–Crippen MR) is 225 cm³/mol. The van der Waals surface area contributed by atoms with Crippen LogP contribution in [0.5, 0.6) is 17.2 Å². The van der Waals surface area contributed by atoms with Crippen LogP contribution in [0.3, 0.4) is 0 Å². The minimum Gasteiger partial charge on any atom is -0.493 e. The van der Waals surface area contributed by atoms with Crippen LogP contribution in [0.4, 0.5) is 22.7 Å². The molecule has 0 bridgehead atoms. The Morgan fingerprint density at radius 2 is 1.41 bits per heavy atom. The summed E-state index contributed by atoms with van der Waals surface area (Å²) >= 11 is 0. The lowest BCUT2D eigenvalue weighted by Crippen LogP contribution is -2.37. The molecule has 0 aliphatic carbocycles. The molecule has 0 saturated carbocycles. The Morgan fingerprint density at radius 3 is 2.12 bits per heavy atom. The highest BCUT2D eigenvalue weighted by molar-refractivity contribution is 6.14. The molecule has 1 N–H and O–H groups in total. The van der Waals surface area contributed by atoms with Gasteiger partial charge in [0.25, 0.3) is 11.8 Å². The number of aliphatic imine (C=N–C) groups is 1. The molecule has 4 heterocycles. The maximum absolute atomic E-state index is 14.0. The molecule has 4 aliphatic rings. The number of carbonyl (C=O) groups excluding carboxylic acids is 3. The Balaban J connectivity index is 0.963. The average molecular weight is 775 g/mol. The van der Waals surface area contributed by atoms with Crippen molar-refractivity contribution in [2.75, 3.05) is 22.2 Å². The van der Waals surface area contributed by atoms with E-state index in [0.717, 1.165) is 64.9 Å². The third-order valence-electron chi connectivity index (χ3n) is 11.6. The molecule has 2 atom stereocenters. The number of hydrogen-bond donors (Lipinski definition) is 1. The molecule has 0 aromatic heterocycles. The van der Waals surface area contributed by atoms with Crippen LogP contribution in [0.2, 0.25) is 0 Å². The summed E-state index contributed by atoms with van der Waals surface area (Å²) in [6.07, 6.45) is 5.01. The van der Waals surface area contributed by atoms with E-state index in [-0.39, 0.29) is 43.0 Å². The van der Waals surface area contributed by atoms with Crippen LogP contribution >= 0.6 is 0 Å². The number of benzene rings is 5. The van der Waals surface area contributed by atoms with Gasteiger partial charge in [-0.05, 0) is 108 Å². The van der Waals surface area contributed by atoms with Gasteiger partial charge in [0, 0.05) is 52.8 Å². The number of amides is 3. The summed E-state index contributed by atoms with van der Waals surface area (Å²) in [5.74, 6) is 1.41. The lowest BCUT2D eigenvalue weighted by atomic mass is 9.95. The summed E-state index contributed by atoms with van der Waals surface area (Å²) in [6.45, 7) is 7.90. The molecule has 0 radical (unpaired) electrons. The number of nitrogens with one attached hydrogen (secondary N) is 1. The quantitative estimate of drug-likeness (QED) is 0.169. The molecule has 58 heavy (non-hydrogen) atoms. The zero-order chi connectivity index (χ0) is 40.3. The first kappa shape index (κ1) is 37.2. The highest BCUT2D eigenvalue weighted by atomic mass is 16.5. The van der Waals surface area contributed by atoms with Crippen LogP contribution in [0.25, 0.3) is 0 Å². The molecular formula is C48H46N4O6. The molecule has 3 amide bonds. The Bertz CT molecular complexity index is 2540. The number of carbonyl (C=O) groups is 3. The van der Waals surface area contributed by atoms with Crippen molar-refractivity contribution >= 4 is 46.7 Å². The van der Waals surface area contributed by atoms with Crippen molar-refractivity contribution in [1.82, 2.24) is 0 Å². The third kappa shape index (κ3) is 6.76. The predicted octanol–water partition coefficient (Wildman–Crippen LogP) is 8.95. The first-order valence-corrected chi connectivity index (χ1v) is 19.9. The maximum atomic E-state index is 14.0. The van der Waals surface area contributed by atoms with Crippen molar-refractivity contribution in [2.45, 2.75) is 78.7 Å². The van der Waals surface area contributed by atoms with E-state index >= 15 is 0 Å². The molecule has 4 aliphatic heterocycles. The molecule has 294 valence electrons. The summed E-state index contributed by atoms with van der Waals surface area (Å²) in [7, 11) is 1.58. The van der Waals surface area contributed by atoms with E-state index in [1.165, 1.54) is 5.56 Å². The SMILES string of the molecule is COc1cc2c(cc1OCc1cc(COc3cc4c(cc3C)C(=O)N3c5ccccc5C[C@H]3C=N4)cc(NC(=O)C(C)(C)C)c1)CC[C@@H]1Cc3ccccc3N1C2=O. The van der Waals surface area contributed by atoms with Gasteiger partial charge in [-0.15, -0.1) is 0 Å². The largest absolute Gasteiger partial charge is 0.493 e. The summed E-state index contributed by atoms with van der Waals surface area (Å²) < 4.78 is 18.7. The average Bonchev–Trinajstić information content (AvgIpc) is 3.70. The van der Waals surface area contributed by atoms with Crippen molar-refractivity contribution in [3.05, 3.63) is 136 Å². The first-order valence-electron chi connectivity index (χ1n) is 19.9. The molecule has 5 aromatic rings. The van der Waals surface area contributed by atoms with Crippen LogP contribution in [-0.2, 0) is 37.3 Å². The number of ether oxygens (including phenoxy) is 3. The van der Waals surface area contributed by atoms with E-state index in [1.807, 2.05) is 117 Å². The smallest absolute Gasteiger partial charge is 0.261 e. The normalized spacial score (nSPS) is 17.6. The van der Waals surface area contributed by atoms with Gasteiger partial charge in [-0.3, -0.25) is 24.3 Å². The maximum Gasteiger partial charge on any atom is 0.261 e. The molecule has 0 unspecified atom stereocenters. The van der Waals surface area contributed by atoms with Crippen LogP contribution in [0.15, 0.2) is 96.0 Å². The number of aryl methyl sites for hydroxylation is 2. The highest BCUT2D eigenvalue weighted by Crippen LogP contribution is 2.42. The highest BCUT2D eigenvalue weighted by Gasteiger charge is 2.38. The van der Waals surface area contributed by atoms with Gasteiger partial charge in [-0.25, -0.2) is 0 Å². The van der Waals surface area contributed by atoms with E-state index in [9.17, 15) is 14.4 Å². The van der Waals surface area contributed by atoms with Crippen LogP contribution < -0.4 is 29.3 Å². The van der Waals surface area contributed by atoms with E-state index < -0.39 is 5.41 Å². The second kappa shape index (κ2) is 14.5. The monoisotopic (exact) mass is 774 g/mol. The van der Waals surface area contributed by atoms with E-state index in [2.05, 4.69) is 17.4 Å². The zero-order valence-electron chi connectivity index (χ0n) is 33.4. The van der Waals surface area contributed by atoms with Crippen molar-refractivity contribution in [2.24, 2.45) is 10.4 Å². The van der Waals surface area contributed by atoms with Crippen LogP contribution in [0.1, 0.15) is 81.3 Å². The summed E-state index contributed by atoms with van der Waals surface area (Å²) in [5.41, 5.74) is 9.36. The first-order chi connectivity index (χ1) is 27.9. The fraction of sp³-hybridized carbons (Fsp3) is 0.292. The Labute approximate surface area is 338 Å². The molecule has 9 rings (SSSR count). The van der Waals surface area contributed by atoms with Gasteiger partial charge in [0.05, 0.1) is 24.4 Å². The van der Waals surface area contributed by atoms with Gasteiger partial charge in [-0.1, -0.05) is 57.2 Å². The minimum absolute atomic E-state index is 0.0199. The molecule has 10 nitrogen and oxygen atoms in total. The third-order valence-corrected chi connectivity index (χ3v) is 11.6. The zero-order valence-corrected chi connectivity index (χ0v) is 33.4. The summed E-state index contributed by atoms with van der Waals surface area (Å²) in [5, 5.41) is 3.07. The molecule has 5 aromatic carbocycles. The number of hydrogen-bond acceptors (Lipinski definition) is 7. The fourth-order valence-electron chi connectivity index (χ4n) is 8.54. The van der Waals surface area contributed by atoms with Gasteiger partial charge in [0.2, 0.25) is 5.91 Å². The number of anilines is 3. The molecular weight excluding hydrogens is 729 g/mol. The molecule has 0 fully saturated rings. The number of para-hydroxylation sites is 2. The number of rotatable bonds is 8. The fourth-order valence-corrected chi connectivity index (χ4v) is 8.54. The molecule has 10 heteroatoms. The molecule has 0 spiro atoms. The van der Waals surface area contributed by atoms with E-state index in [0.29, 0.717) is 39.8 Å². The Kier molecular flexibility index (Phi) is 9.30. The molecule has 0 saturated heterocycles. The lowest BCUT2D eigenvalue weighted by molar-refractivity contribution is -0.123. The van der Waals surface area contributed by atoms with Gasteiger partial charge >= 0.3 is 0 Å². The lowest BCUT2D eigenvalue weighted by Gasteiger charge is -2.23. The van der Waals surface area contributed by atoms with Gasteiger partial charge in [0.15, 0.2) is 11.5 Å². The van der Waals surface area contributed by atoms with Gasteiger partial charge < -0.3 is 24.4 Å². The van der Waals surface area contributed by atoms with Crippen molar-refractivity contribution in [1.29, 1.82) is 0 Å². The standard InChI is InChI=1S/C48H46N4O6/c1-28-16-38-39(49-25-36-21-33-11-7-9-13-41(33)52(36)46(38)54)24-42(28)57-26-29-17-30(19-34(18-29)50-47(55)48(2,3)4)27-58-44-22-31-14-15-35-20-32-10-6-8-12-40(32)51(35)45(53)37(31)23-43(44)56-5/h6-13,16-19,22-25,35-36H,14-15,20-21,26-27H2,1-5H3,(H,50,55)/t35-,36+/m1/s1. The second-order valence-electron chi connectivity index (χ2n) is 16.7. The summed E-state index contributed by atoms with van der Waals surface area (Å²) in [6, 6.07) is 29.3. The van der Waals surface area contributed by atoms with Crippen molar-refractivity contribution in [3.8, 4) is 17.2 Å². The van der Waals surface area contributed by atoms with Crippen LogP contribution in [-0.4, -0.2) is 43.1 Å². The van der Waals surface area contributed by atoms with Gasteiger partial charge in [0.1, 0.15) is 19.0 Å². The Hall–Kier alpha value is -6.42. The van der Waals surface area contributed by atoms with E-state index in [1.54, 1.807) is 13.2 Å². The summed E-state index contributed by atoms with van der Waals surface area (Å²) in [4.78, 5) is 49.6. The number of fused-ring (bicyclic) bond motifs is 8. The Morgan fingerprint density at radius 1 is 0.759 bits per heavy atom. The number of nitrogens with zero attached hydrogens (tertiary/aromatic N) is 3. The van der Waals surface area contributed by atoms with Crippen molar-refractivity contribution in [3.63, 3.8) is 0 Å².